The predicted octanol–water partition coefficient (Wildman–Crippen LogP) is 1.48. The molecule has 0 bridgehead atoms. The molecule has 3 atom stereocenters. The molecule has 3 fully saturated rings. The van der Waals surface area contributed by atoms with Crippen LogP contribution in [0.3, 0.4) is 0 Å². The minimum Gasteiger partial charge on any atom is -0.450 e. The highest BCUT2D eigenvalue weighted by Gasteiger charge is 2.61. The first-order valence-electron chi connectivity index (χ1n) is 10.7. The fourth-order valence-electron chi connectivity index (χ4n) is 4.47. The Morgan fingerprint density at radius 3 is 2.06 bits per heavy atom. The number of carbonyl (C=O) groups excluding carboxylic acids is 4. The van der Waals surface area contributed by atoms with Crippen LogP contribution in [0.5, 0.6) is 0 Å². The maximum absolute atomic E-state index is 13.2. The van der Waals surface area contributed by atoms with E-state index < -0.39 is 35.0 Å². The first kappa shape index (κ1) is 21.7. The van der Waals surface area contributed by atoms with Crippen LogP contribution in [0.25, 0.3) is 0 Å². The van der Waals surface area contributed by atoms with Gasteiger partial charge in [-0.15, -0.1) is 11.8 Å². The van der Waals surface area contributed by atoms with Gasteiger partial charge >= 0.3 is 5.97 Å². The largest absolute Gasteiger partial charge is 0.450 e. The van der Waals surface area contributed by atoms with Crippen molar-refractivity contribution in [3.05, 3.63) is 71.8 Å². The van der Waals surface area contributed by atoms with Crippen LogP contribution >= 0.6 is 11.8 Å². The Labute approximate surface area is 194 Å². The van der Waals surface area contributed by atoms with E-state index in [0.29, 0.717) is 0 Å². The number of rotatable bonds is 5. The second kappa shape index (κ2) is 8.31. The zero-order valence-corrected chi connectivity index (χ0v) is 18.4. The smallest absolute Gasteiger partial charge is 0.341 e. The van der Waals surface area contributed by atoms with E-state index in [-0.39, 0.29) is 37.0 Å². The van der Waals surface area contributed by atoms with E-state index in [4.69, 9.17) is 4.74 Å². The number of aliphatic hydroxyl groups is 1. The molecule has 3 heterocycles. The van der Waals surface area contributed by atoms with Gasteiger partial charge in [0.25, 0.3) is 0 Å². The third-order valence-electron chi connectivity index (χ3n) is 6.22. The van der Waals surface area contributed by atoms with Crippen molar-refractivity contribution in [2.45, 2.75) is 36.0 Å². The van der Waals surface area contributed by atoms with Crippen LogP contribution in [0.4, 0.5) is 0 Å². The van der Waals surface area contributed by atoms with E-state index in [1.165, 1.54) is 16.7 Å². The van der Waals surface area contributed by atoms with Gasteiger partial charge in [-0.3, -0.25) is 19.3 Å². The summed E-state index contributed by atoms with van der Waals surface area (Å²) < 4.78 is 5.81. The van der Waals surface area contributed by atoms with Crippen LogP contribution in [0.1, 0.15) is 30.1 Å². The number of esters is 1. The lowest BCUT2D eigenvalue weighted by Crippen LogP contribution is -2.75. The van der Waals surface area contributed by atoms with Crippen molar-refractivity contribution < 1.29 is 29.0 Å². The van der Waals surface area contributed by atoms with Gasteiger partial charge in [0.05, 0.1) is 6.54 Å². The molecule has 2 unspecified atom stereocenters. The maximum atomic E-state index is 13.2. The van der Waals surface area contributed by atoms with Gasteiger partial charge in [-0.25, -0.2) is 4.79 Å². The summed E-state index contributed by atoms with van der Waals surface area (Å²) >= 11 is 1.18. The van der Waals surface area contributed by atoms with Crippen molar-refractivity contribution in [1.29, 1.82) is 0 Å². The number of likely N-dealkylation sites (tertiary alicyclic amines) is 1. The van der Waals surface area contributed by atoms with E-state index in [9.17, 15) is 24.3 Å². The second-order valence-electron chi connectivity index (χ2n) is 8.41. The van der Waals surface area contributed by atoms with Crippen molar-refractivity contribution in [3.8, 4) is 0 Å². The predicted molar refractivity (Wildman–Crippen MR) is 119 cm³/mol. The Hall–Kier alpha value is -3.17. The molecule has 8 nitrogen and oxygen atoms in total. The van der Waals surface area contributed by atoms with Crippen LogP contribution in [-0.4, -0.2) is 67.9 Å². The van der Waals surface area contributed by atoms with Gasteiger partial charge in [-0.1, -0.05) is 60.7 Å². The number of carbonyl (C=O) groups is 4. The van der Waals surface area contributed by atoms with Crippen molar-refractivity contribution in [2.75, 3.05) is 12.3 Å². The van der Waals surface area contributed by atoms with E-state index in [2.05, 4.69) is 0 Å². The van der Waals surface area contributed by atoms with E-state index >= 15 is 0 Å². The Bertz CT molecular complexity index is 1050. The van der Waals surface area contributed by atoms with Crippen molar-refractivity contribution in [1.82, 2.24) is 9.80 Å². The Balaban J connectivity index is 1.33. The lowest BCUT2D eigenvalue weighted by Gasteiger charge is -2.54. The summed E-state index contributed by atoms with van der Waals surface area (Å²) in [5, 5.41) is 10.7. The summed E-state index contributed by atoms with van der Waals surface area (Å²) in [5.74, 6) is -1.98. The number of hydrogen-bond acceptors (Lipinski definition) is 7. The Morgan fingerprint density at radius 1 is 0.970 bits per heavy atom. The minimum atomic E-state index is -1.90. The number of amides is 3. The summed E-state index contributed by atoms with van der Waals surface area (Å²) in [6.45, 7) is -0.245. The molecule has 3 aliphatic rings. The number of hydrogen-bond donors (Lipinski definition) is 1. The third-order valence-corrected chi connectivity index (χ3v) is 7.71. The fraction of sp³-hybridized carbons (Fsp3) is 0.333. The molecule has 0 aromatic heterocycles. The number of fused-ring (bicyclic) bond motifs is 1. The summed E-state index contributed by atoms with van der Waals surface area (Å²) in [4.78, 5) is 52.4. The average Bonchev–Trinajstić information content (AvgIpc) is 3.16. The average molecular weight is 467 g/mol. The Morgan fingerprint density at radius 2 is 1.52 bits per heavy atom. The van der Waals surface area contributed by atoms with Crippen LogP contribution in [-0.2, 0) is 23.9 Å². The molecule has 0 spiro atoms. The van der Waals surface area contributed by atoms with Gasteiger partial charge in [0, 0.05) is 18.6 Å². The fourth-order valence-corrected chi connectivity index (χ4v) is 5.91. The van der Waals surface area contributed by atoms with Gasteiger partial charge in [0.15, 0.2) is 11.7 Å². The topological polar surface area (TPSA) is 104 Å². The molecule has 3 aliphatic heterocycles. The molecule has 2 aromatic carbocycles. The second-order valence-corrected chi connectivity index (χ2v) is 9.51. The van der Waals surface area contributed by atoms with Gasteiger partial charge < -0.3 is 14.7 Å². The number of benzene rings is 2. The highest BCUT2D eigenvalue weighted by atomic mass is 32.2. The van der Waals surface area contributed by atoms with E-state index in [0.717, 1.165) is 16.0 Å². The van der Waals surface area contributed by atoms with Crippen LogP contribution in [0.15, 0.2) is 60.7 Å². The van der Waals surface area contributed by atoms with Gasteiger partial charge in [-0.2, -0.15) is 0 Å². The molecule has 3 saturated heterocycles. The highest BCUT2D eigenvalue weighted by Crippen LogP contribution is 2.42. The number of ether oxygens (including phenoxy) is 1. The molecule has 5 rings (SSSR count). The number of nitrogens with zero attached hydrogens (tertiary/aromatic N) is 2. The first-order chi connectivity index (χ1) is 15.9. The lowest BCUT2D eigenvalue weighted by molar-refractivity contribution is -0.179. The highest BCUT2D eigenvalue weighted by molar-refractivity contribution is 8.00. The number of thioether (sulfide) groups is 1. The van der Waals surface area contributed by atoms with Crippen LogP contribution in [0.2, 0.25) is 0 Å². The zero-order valence-electron chi connectivity index (χ0n) is 17.6. The molecule has 0 saturated carbocycles. The van der Waals surface area contributed by atoms with Gasteiger partial charge in [0.2, 0.25) is 17.7 Å². The molecule has 33 heavy (non-hydrogen) atoms. The summed E-state index contributed by atoms with van der Waals surface area (Å²) in [6.07, 6.45) is -0.501. The molecule has 0 aliphatic carbocycles. The molecule has 1 N–H and O–H groups in total. The molecule has 9 heteroatoms. The van der Waals surface area contributed by atoms with Crippen LogP contribution in [0, 0.1) is 0 Å². The molecule has 0 radical (unpaired) electrons. The summed E-state index contributed by atoms with van der Waals surface area (Å²) in [7, 11) is 0. The summed E-state index contributed by atoms with van der Waals surface area (Å²) in [6, 6.07) is 17.6. The minimum absolute atomic E-state index is 0.0106. The molecule has 3 amide bonds. The maximum Gasteiger partial charge on any atom is 0.341 e. The van der Waals surface area contributed by atoms with Gasteiger partial charge in [0.1, 0.15) is 11.4 Å². The van der Waals surface area contributed by atoms with Crippen molar-refractivity contribution in [2.24, 2.45) is 0 Å². The van der Waals surface area contributed by atoms with Gasteiger partial charge in [-0.05, 0) is 11.1 Å². The Kier molecular flexibility index (Phi) is 5.46. The monoisotopic (exact) mass is 466 g/mol. The lowest BCUT2D eigenvalue weighted by atomic mass is 9.97. The van der Waals surface area contributed by atoms with E-state index in [1.807, 2.05) is 60.7 Å². The van der Waals surface area contributed by atoms with Crippen molar-refractivity contribution in [3.63, 3.8) is 0 Å². The summed E-state index contributed by atoms with van der Waals surface area (Å²) in [5.41, 5.74) is -0.385. The van der Waals surface area contributed by atoms with E-state index in [1.54, 1.807) is 0 Å². The SMILES string of the molecule is O=C1CCC(=O)N1C1C(=O)N2CC(O)(C(=O)OC(c3ccccc3)c3ccccc3)CS[C@H]12. The quantitative estimate of drug-likeness (QED) is 0.404. The van der Waals surface area contributed by atoms with Crippen molar-refractivity contribution >= 4 is 35.5 Å². The zero-order chi connectivity index (χ0) is 23.2. The number of β-lactam (4-membered cyclic amide) rings is 1. The first-order valence-corrected chi connectivity index (χ1v) is 11.7. The number of imide groups is 1. The molecular weight excluding hydrogens is 444 g/mol. The normalized spacial score (nSPS) is 26.9. The van der Waals surface area contributed by atoms with Crippen LogP contribution < -0.4 is 0 Å². The molecule has 170 valence electrons. The standard InChI is InChI=1S/C24H22N2O6S/c27-17-11-12-18(28)26(17)19-21(29)25-13-24(31,14-33-22(19)25)23(30)32-20(15-7-3-1-4-8-15)16-9-5-2-6-10-16/h1-10,19-20,22,31H,11-14H2/t19?,22-,24?/m1/s1. The molecule has 2 aromatic rings. The molecular formula is C24H22N2O6S. The third kappa shape index (κ3) is 3.71.